The van der Waals surface area contributed by atoms with Crippen LogP contribution in [-0.4, -0.2) is 107 Å². The Morgan fingerprint density at radius 3 is 1.55 bits per heavy atom. The van der Waals surface area contributed by atoms with Gasteiger partial charge < -0.3 is 9.64 Å². The Morgan fingerprint density at radius 1 is 0.725 bits per heavy atom. The monoisotopic (exact) mass is 621 g/mol. The van der Waals surface area contributed by atoms with Gasteiger partial charge in [-0.05, 0) is 67.8 Å². The first-order valence-corrected chi connectivity index (χ1v) is 17.3. The van der Waals surface area contributed by atoms with Gasteiger partial charge in [0.2, 0.25) is 0 Å². The molecular weight excluding hydrogens is 582 g/mol. The predicted octanol–water partition coefficient (Wildman–Crippen LogP) is 6.16. The molecule has 1 aromatic heterocycles. The molecule has 0 radical (unpaired) electrons. The minimum atomic E-state index is -10.7. The normalized spacial score (nSPS) is 23.7. The van der Waals surface area contributed by atoms with Gasteiger partial charge in [-0.15, -0.1) is 19.1 Å². The summed E-state index contributed by atoms with van der Waals surface area (Å²) in [7, 11) is -10.6. The molecule has 0 spiro atoms. The summed E-state index contributed by atoms with van der Waals surface area (Å²) in [5, 5.41) is 8.72. The van der Waals surface area contributed by atoms with E-state index in [2.05, 4.69) is 42.3 Å². The number of halogens is 6. The number of likely N-dealkylation sites (N-methyl/N-ethyl adjacent to an activating group) is 1. The summed E-state index contributed by atoms with van der Waals surface area (Å²) < 4.78 is 79.2. The second-order valence-corrected chi connectivity index (χ2v) is 15.2. The van der Waals surface area contributed by atoms with Crippen molar-refractivity contribution < 1.29 is 34.5 Å². The van der Waals surface area contributed by atoms with Gasteiger partial charge in [-0.1, -0.05) is 12.1 Å². The summed E-state index contributed by atoms with van der Waals surface area (Å²) in [6.07, 6.45) is 7.61. The molecule has 4 fully saturated rings. The number of benzene rings is 1. The maximum Gasteiger partial charge on any atom is 0.451 e. The van der Waals surface area contributed by atoms with Gasteiger partial charge in [0.25, 0.3) is 0 Å². The second-order valence-electron chi connectivity index (χ2n) is 10.4. The molecule has 4 aliphatic rings. The molecule has 0 aliphatic carbocycles. The van der Waals surface area contributed by atoms with Crippen LogP contribution in [0.4, 0.5) is 25.2 Å². The van der Waals surface area contributed by atoms with Gasteiger partial charge in [-0.3, -0.25) is 0 Å². The zero-order valence-corrected chi connectivity index (χ0v) is 24.5. The van der Waals surface area contributed by atoms with E-state index in [1.54, 1.807) is 4.85 Å². The van der Waals surface area contributed by atoms with E-state index in [1.165, 1.54) is 38.5 Å². The number of nitrogens with zero attached hydrogens (tertiary/aromatic N) is 7. The molecule has 0 N–H and O–H groups in total. The van der Waals surface area contributed by atoms with Gasteiger partial charge in [-0.2, -0.15) is 4.62 Å². The third kappa shape index (κ3) is 9.34. The molecule has 0 saturated carbocycles. The smallest absolute Gasteiger partial charge is 0.183 e. The van der Waals surface area contributed by atoms with Crippen LogP contribution in [0.15, 0.2) is 24.3 Å². The summed E-state index contributed by atoms with van der Waals surface area (Å²) in [6, 6.07) is 8.10. The molecule has 6 rings (SSSR count). The van der Waals surface area contributed by atoms with Gasteiger partial charge in [0.1, 0.15) is 11.0 Å². The van der Waals surface area contributed by atoms with Crippen molar-refractivity contribution in [2.45, 2.75) is 38.5 Å². The SMILES string of the molecule is CN1CCOCC1.F[P-](F)(F)(F)(F)F.c1ccc2c(c1)nnn2O[P+](N1CCCC1)(N1CCCC1)N1CCCC1. The maximum atomic E-state index is 9.87. The van der Waals surface area contributed by atoms with Crippen molar-refractivity contribution in [2.75, 3.05) is 72.6 Å². The van der Waals surface area contributed by atoms with Crippen LogP contribution in [0.5, 0.6) is 0 Å². The van der Waals surface area contributed by atoms with Crippen LogP contribution in [-0.2, 0) is 4.74 Å². The molecule has 0 amide bonds. The maximum absolute atomic E-state index is 10.7. The molecular formula is C23H39F6N7O2P2. The van der Waals surface area contributed by atoms with Gasteiger partial charge >= 0.3 is 40.9 Å². The first-order chi connectivity index (χ1) is 18.7. The van der Waals surface area contributed by atoms with Crippen LogP contribution < -0.4 is 4.62 Å². The summed E-state index contributed by atoms with van der Waals surface area (Å²) in [5.41, 5.74) is 1.87. The van der Waals surface area contributed by atoms with Crippen molar-refractivity contribution in [1.82, 2.24) is 34.1 Å². The number of ether oxygens (including phenoxy) is 1. The van der Waals surface area contributed by atoms with Crippen LogP contribution in [0.25, 0.3) is 11.0 Å². The van der Waals surface area contributed by atoms with Crippen LogP contribution in [0.1, 0.15) is 38.5 Å². The summed E-state index contributed by atoms with van der Waals surface area (Å²) in [4.78, 5) is 3.99. The van der Waals surface area contributed by atoms with Gasteiger partial charge in [0.05, 0.1) is 13.2 Å². The zero-order valence-electron chi connectivity index (χ0n) is 22.7. The van der Waals surface area contributed by atoms with Crippen LogP contribution in [0, 0.1) is 0 Å². The summed E-state index contributed by atoms with van der Waals surface area (Å²) >= 11 is 0. The van der Waals surface area contributed by atoms with E-state index < -0.39 is 15.8 Å². The van der Waals surface area contributed by atoms with Gasteiger partial charge in [0.15, 0.2) is 0 Å². The van der Waals surface area contributed by atoms with Crippen molar-refractivity contribution in [3.05, 3.63) is 24.3 Å². The molecule has 17 heteroatoms. The van der Waals surface area contributed by atoms with Crippen molar-refractivity contribution in [2.24, 2.45) is 0 Å². The minimum Gasteiger partial charge on any atom is -0.183 e. The van der Waals surface area contributed by atoms with E-state index in [0.717, 1.165) is 76.6 Å². The number of rotatable bonds is 5. The van der Waals surface area contributed by atoms with Gasteiger partial charge in [-0.25, -0.2) is 0 Å². The molecule has 1 aromatic carbocycles. The third-order valence-electron chi connectivity index (χ3n) is 7.10. The van der Waals surface area contributed by atoms with Crippen molar-refractivity contribution in [1.29, 1.82) is 0 Å². The van der Waals surface area contributed by atoms with Crippen molar-refractivity contribution in [3.8, 4) is 0 Å². The Morgan fingerprint density at radius 2 is 1.15 bits per heavy atom. The van der Waals surface area contributed by atoms with E-state index in [0.29, 0.717) is 0 Å². The number of hydrogen-bond acceptors (Lipinski definition) is 8. The van der Waals surface area contributed by atoms with Crippen LogP contribution >= 0.6 is 15.8 Å². The first-order valence-electron chi connectivity index (χ1n) is 13.7. The Hall–Kier alpha value is -1.34. The Kier molecular flexibility index (Phi) is 9.56. The van der Waals surface area contributed by atoms with Crippen molar-refractivity contribution in [3.63, 3.8) is 0 Å². The van der Waals surface area contributed by atoms with E-state index in [4.69, 9.17) is 9.36 Å². The first kappa shape index (κ1) is 31.6. The molecule has 230 valence electrons. The third-order valence-corrected chi connectivity index (χ3v) is 10.9. The molecule has 2 aromatic rings. The van der Waals surface area contributed by atoms with E-state index >= 15 is 0 Å². The Labute approximate surface area is 231 Å². The number of hydrogen-bond donors (Lipinski definition) is 0. The molecule has 9 nitrogen and oxygen atoms in total. The molecule has 4 aliphatic heterocycles. The number of morpholine rings is 1. The zero-order chi connectivity index (χ0) is 28.9. The quantitative estimate of drug-likeness (QED) is 0.291. The average Bonchev–Trinajstić information content (AvgIpc) is 3.69. The standard InChI is InChI=1S/C18H28N6OP.C5H11NO.F6P/c1-2-10-18-17(9-1)19-20-24(18)25-26(21-11-3-4-12-21,22-13-5-6-14-22)23-15-7-8-16-23;1-6-2-4-7-5-3-6;1-7(2,3,4,5)6/h1-2,9-10H,3-8,11-16H2;2-5H2,1H3;/q+1;;-1. The molecule has 0 atom stereocenters. The van der Waals surface area contributed by atoms with E-state index in [9.17, 15) is 25.2 Å². The Balaban J connectivity index is 0.000000218. The van der Waals surface area contributed by atoms with E-state index in [-0.39, 0.29) is 0 Å². The molecule has 40 heavy (non-hydrogen) atoms. The molecule has 5 heterocycles. The number of aromatic nitrogens is 3. The topological polar surface area (TPSA) is 62.1 Å². The largest absolute Gasteiger partial charge is 0.451 e. The second kappa shape index (κ2) is 12.1. The van der Waals surface area contributed by atoms with Crippen molar-refractivity contribution >= 4 is 26.8 Å². The number of fused-ring (bicyclic) bond motifs is 1. The summed E-state index contributed by atoms with van der Waals surface area (Å²) in [5.74, 6) is 0. The van der Waals surface area contributed by atoms with Gasteiger partial charge in [0, 0.05) is 52.4 Å². The minimum absolute atomic E-state index is 0.898. The molecule has 4 saturated heterocycles. The average molecular weight is 622 g/mol. The fourth-order valence-electron chi connectivity index (χ4n) is 5.24. The number of para-hydroxylation sites is 1. The molecule has 0 bridgehead atoms. The summed E-state index contributed by atoms with van der Waals surface area (Å²) in [6.45, 7) is 10.8. The fourth-order valence-corrected chi connectivity index (χ4v) is 9.36. The predicted molar refractivity (Wildman–Crippen MR) is 145 cm³/mol. The van der Waals surface area contributed by atoms with Crippen LogP contribution in [0.3, 0.4) is 0 Å². The molecule has 0 unspecified atom stereocenters. The van der Waals surface area contributed by atoms with E-state index in [1.807, 2.05) is 18.2 Å². The van der Waals surface area contributed by atoms with Crippen LogP contribution in [0.2, 0.25) is 0 Å². The fraction of sp³-hybridized carbons (Fsp3) is 0.739. The Bertz CT molecular complexity index is 1030.